The number of nitro benzene ring substituents is 1. The van der Waals surface area contributed by atoms with Gasteiger partial charge in [-0.25, -0.2) is 13.4 Å². The molecule has 7 nitrogen and oxygen atoms in total. The van der Waals surface area contributed by atoms with Gasteiger partial charge in [0.1, 0.15) is 15.8 Å². The Morgan fingerprint density at radius 1 is 1.03 bits per heavy atom. The SMILES string of the molecule is O=[N+]([O-])c1cc(C=C(c2nc3ccccc3[nH]2)S(=O)(=O)c2ccccc2)ccc1Cl. The molecule has 0 unspecified atom stereocenters. The first-order valence-electron chi connectivity index (χ1n) is 8.77. The lowest BCUT2D eigenvalue weighted by Crippen LogP contribution is -2.05. The summed E-state index contributed by atoms with van der Waals surface area (Å²) in [5, 5.41) is 11.2. The van der Waals surface area contributed by atoms with Gasteiger partial charge in [-0.3, -0.25) is 10.1 Å². The number of benzene rings is 3. The highest BCUT2D eigenvalue weighted by Crippen LogP contribution is 2.32. The third-order valence-corrected chi connectivity index (χ3v) is 6.53. The van der Waals surface area contributed by atoms with Crippen LogP contribution in [0.4, 0.5) is 5.69 Å². The van der Waals surface area contributed by atoms with Crippen LogP contribution in [0.2, 0.25) is 5.02 Å². The van der Waals surface area contributed by atoms with Gasteiger partial charge in [0.25, 0.3) is 5.69 Å². The smallest absolute Gasteiger partial charge is 0.288 e. The van der Waals surface area contributed by atoms with Crippen LogP contribution in [0, 0.1) is 10.1 Å². The molecule has 4 rings (SSSR count). The molecule has 3 aromatic carbocycles. The van der Waals surface area contributed by atoms with Crippen LogP contribution < -0.4 is 0 Å². The summed E-state index contributed by atoms with van der Waals surface area (Å²) >= 11 is 5.88. The molecule has 0 radical (unpaired) electrons. The molecule has 150 valence electrons. The van der Waals surface area contributed by atoms with Crippen LogP contribution in [-0.2, 0) is 9.84 Å². The molecule has 0 saturated heterocycles. The second kappa shape index (κ2) is 7.74. The summed E-state index contributed by atoms with van der Waals surface area (Å²) in [5.74, 6) is 0.137. The zero-order chi connectivity index (χ0) is 21.3. The molecule has 0 saturated carbocycles. The van der Waals surface area contributed by atoms with Crippen molar-refractivity contribution in [1.29, 1.82) is 0 Å². The lowest BCUT2D eigenvalue weighted by atomic mass is 10.2. The number of imidazole rings is 1. The van der Waals surface area contributed by atoms with Gasteiger partial charge < -0.3 is 4.98 Å². The van der Waals surface area contributed by atoms with E-state index in [9.17, 15) is 18.5 Å². The summed E-state index contributed by atoms with van der Waals surface area (Å²) < 4.78 is 26.8. The number of aromatic amines is 1. The Hall–Kier alpha value is -3.49. The topological polar surface area (TPSA) is 106 Å². The van der Waals surface area contributed by atoms with Crippen molar-refractivity contribution in [1.82, 2.24) is 9.97 Å². The molecule has 0 bridgehead atoms. The highest BCUT2D eigenvalue weighted by Gasteiger charge is 2.25. The van der Waals surface area contributed by atoms with E-state index in [1.807, 2.05) is 6.07 Å². The van der Waals surface area contributed by atoms with Crippen molar-refractivity contribution in [3.8, 4) is 0 Å². The number of rotatable bonds is 5. The van der Waals surface area contributed by atoms with Gasteiger partial charge in [0.2, 0.25) is 9.84 Å². The molecular formula is C21H14ClN3O4S. The summed E-state index contributed by atoms with van der Waals surface area (Å²) in [5.41, 5.74) is 1.26. The fourth-order valence-corrected chi connectivity index (χ4v) is 4.58. The Balaban J connectivity index is 1.95. The van der Waals surface area contributed by atoms with Gasteiger partial charge >= 0.3 is 0 Å². The summed E-state index contributed by atoms with van der Waals surface area (Å²) in [6.45, 7) is 0. The predicted octanol–water partition coefficient (Wildman–Crippen LogP) is 5.10. The van der Waals surface area contributed by atoms with Crippen LogP contribution in [-0.4, -0.2) is 23.3 Å². The Labute approximate surface area is 176 Å². The number of nitro groups is 1. The number of hydrogen-bond donors (Lipinski definition) is 1. The molecule has 0 amide bonds. The number of para-hydroxylation sites is 2. The molecule has 1 N–H and O–H groups in total. The number of H-pyrrole nitrogens is 1. The van der Waals surface area contributed by atoms with E-state index in [0.29, 0.717) is 16.6 Å². The molecule has 0 aliphatic rings. The Bertz CT molecular complexity index is 1360. The number of aromatic nitrogens is 2. The number of fused-ring (bicyclic) bond motifs is 1. The number of nitrogens with zero attached hydrogens (tertiary/aromatic N) is 2. The van der Waals surface area contributed by atoms with E-state index in [2.05, 4.69) is 9.97 Å². The lowest BCUT2D eigenvalue weighted by molar-refractivity contribution is -0.384. The summed E-state index contributed by atoms with van der Waals surface area (Å²) in [7, 11) is -3.98. The van der Waals surface area contributed by atoms with Crippen molar-refractivity contribution in [2.24, 2.45) is 0 Å². The number of sulfone groups is 1. The van der Waals surface area contributed by atoms with Crippen LogP contribution in [0.15, 0.2) is 77.7 Å². The molecule has 1 heterocycles. The Kier molecular flexibility index (Phi) is 5.11. The van der Waals surface area contributed by atoms with E-state index < -0.39 is 14.8 Å². The summed E-state index contributed by atoms with van der Waals surface area (Å²) in [4.78, 5) is 18.0. The fraction of sp³-hybridized carbons (Fsp3) is 0. The van der Waals surface area contributed by atoms with Crippen LogP contribution in [0.3, 0.4) is 0 Å². The Morgan fingerprint density at radius 3 is 2.43 bits per heavy atom. The van der Waals surface area contributed by atoms with Gasteiger partial charge in [-0.15, -0.1) is 0 Å². The minimum Gasteiger partial charge on any atom is -0.337 e. The van der Waals surface area contributed by atoms with Crippen molar-refractivity contribution < 1.29 is 13.3 Å². The molecule has 30 heavy (non-hydrogen) atoms. The first kappa shape index (κ1) is 19.8. The third kappa shape index (κ3) is 3.70. The second-order valence-electron chi connectivity index (χ2n) is 6.40. The fourth-order valence-electron chi connectivity index (χ4n) is 2.98. The van der Waals surface area contributed by atoms with Gasteiger partial charge in [0.15, 0.2) is 0 Å². The highest BCUT2D eigenvalue weighted by atomic mass is 35.5. The lowest BCUT2D eigenvalue weighted by Gasteiger charge is -2.08. The molecular weight excluding hydrogens is 426 g/mol. The first-order valence-corrected chi connectivity index (χ1v) is 10.6. The zero-order valence-corrected chi connectivity index (χ0v) is 16.9. The van der Waals surface area contributed by atoms with Gasteiger partial charge in [0.05, 0.1) is 20.9 Å². The molecule has 4 aromatic rings. The largest absolute Gasteiger partial charge is 0.337 e. The number of hydrogen-bond acceptors (Lipinski definition) is 5. The van der Waals surface area contributed by atoms with E-state index in [4.69, 9.17) is 11.6 Å². The molecule has 9 heteroatoms. The van der Waals surface area contributed by atoms with Crippen molar-refractivity contribution in [2.45, 2.75) is 4.90 Å². The minimum absolute atomic E-state index is 0.0339. The number of nitrogens with one attached hydrogen (secondary N) is 1. The van der Waals surface area contributed by atoms with Crippen molar-refractivity contribution in [3.05, 3.63) is 99.3 Å². The van der Waals surface area contributed by atoms with Crippen molar-refractivity contribution >= 4 is 49.1 Å². The molecule has 0 aliphatic carbocycles. The van der Waals surface area contributed by atoms with E-state index in [1.165, 1.54) is 36.4 Å². The molecule has 1 aromatic heterocycles. The molecule has 0 spiro atoms. The Morgan fingerprint density at radius 2 is 1.73 bits per heavy atom. The third-order valence-electron chi connectivity index (χ3n) is 4.43. The average Bonchev–Trinajstić information content (AvgIpc) is 3.17. The van der Waals surface area contributed by atoms with Crippen LogP contribution >= 0.6 is 11.6 Å². The van der Waals surface area contributed by atoms with E-state index in [1.54, 1.807) is 36.4 Å². The molecule has 0 atom stereocenters. The maximum Gasteiger partial charge on any atom is 0.288 e. The summed E-state index contributed by atoms with van der Waals surface area (Å²) in [6, 6.07) is 19.2. The van der Waals surface area contributed by atoms with Crippen molar-refractivity contribution in [2.75, 3.05) is 0 Å². The van der Waals surface area contributed by atoms with Gasteiger partial charge in [-0.1, -0.05) is 48.0 Å². The van der Waals surface area contributed by atoms with E-state index >= 15 is 0 Å². The summed E-state index contributed by atoms with van der Waals surface area (Å²) in [6.07, 6.45) is 1.35. The highest BCUT2D eigenvalue weighted by molar-refractivity contribution is 8.00. The maximum absolute atomic E-state index is 13.4. The van der Waals surface area contributed by atoms with Gasteiger partial charge in [-0.05, 0) is 42.0 Å². The van der Waals surface area contributed by atoms with E-state index in [-0.39, 0.29) is 26.3 Å². The van der Waals surface area contributed by atoms with E-state index in [0.717, 1.165) is 0 Å². The number of halogens is 1. The average molecular weight is 440 g/mol. The quantitative estimate of drug-likeness (QED) is 0.344. The first-order chi connectivity index (χ1) is 14.4. The normalized spacial score (nSPS) is 12.2. The van der Waals surface area contributed by atoms with Crippen LogP contribution in [0.25, 0.3) is 22.0 Å². The van der Waals surface area contributed by atoms with Crippen molar-refractivity contribution in [3.63, 3.8) is 0 Å². The monoisotopic (exact) mass is 439 g/mol. The van der Waals surface area contributed by atoms with Crippen LogP contribution in [0.1, 0.15) is 11.4 Å². The van der Waals surface area contributed by atoms with Gasteiger partial charge in [0, 0.05) is 6.07 Å². The minimum atomic E-state index is -3.98. The van der Waals surface area contributed by atoms with Crippen LogP contribution in [0.5, 0.6) is 0 Å². The molecule has 0 aliphatic heterocycles. The maximum atomic E-state index is 13.4. The standard InChI is InChI=1S/C21H14ClN3O4S/c22-16-11-10-14(12-19(16)25(26)27)13-20(30(28,29)15-6-2-1-3-7-15)21-23-17-8-4-5-9-18(17)24-21/h1-13H,(H,23,24). The molecule has 0 fully saturated rings. The van der Waals surface area contributed by atoms with Gasteiger partial charge in [-0.2, -0.15) is 0 Å². The predicted molar refractivity (Wildman–Crippen MR) is 116 cm³/mol. The second-order valence-corrected chi connectivity index (χ2v) is 8.72. The zero-order valence-electron chi connectivity index (χ0n) is 15.3.